The first-order valence-electron chi connectivity index (χ1n) is 14.0. The van der Waals surface area contributed by atoms with Crippen molar-refractivity contribution < 1.29 is 23.9 Å². The van der Waals surface area contributed by atoms with Gasteiger partial charge in [0, 0.05) is 49.3 Å². The molecule has 1 saturated heterocycles. The minimum Gasteiger partial charge on any atom is -0.458 e. The van der Waals surface area contributed by atoms with Crippen LogP contribution in [0.3, 0.4) is 0 Å². The molecule has 42 heavy (non-hydrogen) atoms. The number of amides is 2. The molecule has 1 unspecified atom stereocenters. The van der Waals surface area contributed by atoms with Gasteiger partial charge in [0.2, 0.25) is 5.95 Å². The Morgan fingerprint density at radius 3 is 2.38 bits per heavy atom. The Kier molecular flexibility index (Phi) is 10.3. The number of carbonyl (C=O) groups is 3. The summed E-state index contributed by atoms with van der Waals surface area (Å²) < 4.78 is 10.7. The van der Waals surface area contributed by atoms with E-state index in [1.54, 1.807) is 45.3 Å². The van der Waals surface area contributed by atoms with Crippen molar-refractivity contribution in [3.05, 3.63) is 84.2 Å². The number of aromatic nitrogens is 2. The lowest BCUT2D eigenvalue weighted by atomic mass is 10.0. The van der Waals surface area contributed by atoms with E-state index in [1.807, 2.05) is 48.5 Å². The van der Waals surface area contributed by atoms with E-state index in [9.17, 15) is 14.4 Å². The Balaban J connectivity index is 1.32. The number of ether oxygens (including phenoxy) is 2. The maximum Gasteiger partial charge on any atom is 0.408 e. The molecule has 11 heteroatoms. The molecular formula is C31H38N6O5. The second kappa shape index (κ2) is 14.3. The quantitative estimate of drug-likeness (QED) is 0.308. The molecule has 0 radical (unpaired) electrons. The lowest BCUT2D eigenvalue weighted by Crippen LogP contribution is -2.50. The summed E-state index contributed by atoms with van der Waals surface area (Å²) in [5.74, 6) is -0.425. The Hall–Kier alpha value is -4.67. The smallest absolute Gasteiger partial charge is 0.408 e. The molecule has 1 atom stereocenters. The van der Waals surface area contributed by atoms with Gasteiger partial charge in [-0.25, -0.2) is 19.6 Å². The number of nitrogens with one attached hydrogen (secondary N) is 3. The summed E-state index contributed by atoms with van der Waals surface area (Å²) in [5, 5.41) is 8.66. The topological polar surface area (TPSA) is 135 Å². The monoisotopic (exact) mass is 574 g/mol. The largest absolute Gasteiger partial charge is 0.458 e. The summed E-state index contributed by atoms with van der Waals surface area (Å²) in [7, 11) is 0. The zero-order chi connectivity index (χ0) is 30.0. The van der Waals surface area contributed by atoms with E-state index in [0.717, 1.165) is 37.2 Å². The maximum absolute atomic E-state index is 13.1. The predicted octanol–water partition coefficient (Wildman–Crippen LogP) is 3.92. The van der Waals surface area contributed by atoms with Gasteiger partial charge in [-0.05, 0) is 63.4 Å². The van der Waals surface area contributed by atoms with Crippen LogP contribution in [0, 0.1) is 0 Å². The van der Waals surface area contributed by atoms with Gasteiger partial charge in [0.1, 0.15) is 18.2 Å². The van der Waals surface area contributed by atoms with Gasteiger partial charge in [0.05, 0.1) is 0 Å². The summed E-state index contributed by atoms with van der Waals surface area (Å²) in [6, 6.07) is 17.4. The van der Waals surface area contributed by atoms with E-state index in [0.29, 0.717) is 11.5 Å². The van der Waals surface area contributed by atoms with E-state index in [1.165, 1.54) is 0 Å². The molecule has 4 rings (SSSR count). The van der Waals surface area contributed by atoms with Crippen LogP contribution in [-0.2, 0) is 20.9 Å². The molecular weight excluding hydrogens is 536 g/mol. The third-order valence-corrected chi connectivity index (χ3v) is 6.53. The SMILES string of the molecule is CC(C)(C)OC(=O)C(CNC(=O)c1cccc(N2CCC(Nc3ncccn3)CC2)c1)NC(=O)OCc1ccccc1. The highest BCUT2D eigenvalue weighted by atomic mass is 16.6. The Morgan fingerprint density at radius 1 is 0.976 bits per heavy atom. The highest BCUT2D eigenvalue weighted by Gasteiger charge is 2.28. The molecule has 0 saturated carbocycles. The first-order valence-corrected chi connectivity index (χ1v) is 14.0. The van der Waals surface area contributed by atoms with Gasteiger partial charge in [-0.15, -0.1) is 0 Å². The number of hydrogen-bond donors (Lipinski definition) is 3. The summed E-state index contributed by atoms with van der Waals surface area (Å²) in [6.07, 6.45) is 4.44. The number of benzene rings is 2. The van der Waals surface area contributed by atoms with Crippen LogP contribution >= 0.6 is 0 Å². The van der Waals surface area contributed by atoms with Crippen molar-refractivity contribution in [3.63, 3.8) is 0 Å². The fraction of sp³-hybridized carbons (Fsp3) is 0.387. The van der Waals surface area contributed by atoms with E-state index in [2.05, 4.69) is 30.8 Å². The minimum atomic E-state index is -1.14. The molecule has 1 aromatic heterocycles. The van der Waals surface area contributed by atoms with E-state index in [-0.39, 0.29) is 25.1 Å². The highest BCUT2D eigenvalue weighted by Crippen LogP contribution is 2.22. The third kappa shape index (κ3) is 9.46. The lowest BCUT2D eigenvalue weighted by Gasteiger charge is -2.34. The molecule has 1 aliphatic rings. The van der Waals surface area contributed by atoms with E-state index >= 15 is 0 Å². The second-order valence-corrected chi connectivity index (χ2v) is 11.0. The number of piperidine rings is 1. The van der Waals surface area contributed by atoms with Crippen molar-refractivity contribution >= 4 is 29.6 Å². The van der Waals surface area contributed by atoms with Gasteiger partial charge in [0.25, 0.3) is 5.91 Å². The van der Waals surface area contributed by atoms with Crippen LogP contribution in [0.1, 0.15) is 49.5 Å². The van der Waals surface area contributed by atoms with Crippen molar-refractivity contribution in [2.75, 3.05) is 29.9 Å². The normalized spacial score (nSPS) is 14.4. The Bertz CT molecular complexity index is 1320. The molecule has 2 aromatic carbocycles. The number of alkyl carbamates (subject to hydrolysis) is 1. The predicted molar refractivity (Wildman–Crippen MR) is 159 cm³/mol. The number of anilines is 2. The van der Waals surface area contributed by atoms with Crippen molar-refractivity contribution in [1.82, 2.24) is 20.6 Å². The number of hydrogen-bond acceptors (Lipinski definition) is 9. The van der Waals surface area contributed by atoms with Crippen molar-refractivity contribution in [2.24, 2.45) is 0 Å². The van der Waals surface area contributed by atoms with Crippen molar-refractivity contribution in [2.45, 2.75) is 57.9 Å². The van der Waals surface area contributed by atoms with Gasteiger partial charge in [-0.2, -0.15) is 0 Å². The molecule has 222 valence electrons. The van der Waals surface area contributed by atoms with Gasteiger partial charge in [-0.3, -0.25) is 4.79 Å². The summed E-state index contributed by atoms with van der Waals surface area (Å²) >= 11 is 0. The molecule has 0 bridgehead atoms. The van der Waals surface area contributed by atoms with Crippen LogP contribution in [0.15, 0.2) is 73.1 Å². The van der Waals surface area contributed by atoms with Gasteiger partial charge in [-0.1, -0.05) is 36.4 Å². The van der Waals surface area contributed by atoms with Gasteiger partial charge < -0.3 is 30.3 Å². The molecule has 3 N–H and O–H groups in total. The van der Waals surface area contributed by atoms with Crippen molar-refractivity contribution in [3.8, 4) is 0 Å². The molecule has 1 fully saturated rings. The summed E-state index contributed by atoms with van der Waals surface area (Å²) in [4.78, 5) is 49.1. The zero-order valence-corrected chi connectivity index (χ0v) is 24.2. The standard InChI is InChI=1S/C31H38N6O5/c1-31(2,3)42-28(39)26(36-30(40)41-21-22-9-5-4-6-10-22)20-34-27(38)23-11-7-12-25(19-23)37-17-13-24(14-18-37)35-29-32-15-8-16-33-29/h4-12,15-16,19,24,26H,13-14,17-18,20-21H2,1-3H3,(H,34,38)(H,36,40)(H,32,33,35). The van der Waals surface area contributed by atoms with Crippen LogP contribution in [0.25, 0.3) is 0 Å². The van der Waals surface area contributed by atoms with Crippen LogP contribution in [-0.4, -0.2) is 65.3 Å². The fourth-order valence-corrected chi connectivity index (χ4v) is 4.45. The van der Waals surface area contributed by atoms with Gasteiger partial charge in [0.15, 0.2) is 0 Å². The van der Waals surface area contributed by atoms with Crippen LogP contribution in [0.2, 0.25) is 0 Å². The van der Waals surface area contributed by atoms with Crippen LogP contribution < -0.4 is 20.9 Å². The molecule has 2 heterocycles. The van der Waals surface area contributed by atoms with E-state index in [4.69, 9.17) is 9.47 Å². The molecule has 0 aliphatic carbocycles. The molecule has 0 spiro atoms. The van der Waals surface area contributed by atoms with Gasteiger partial charge >= 0.3 is 12.1 Å². The summed E-state index contributed by atoms with van der Waals surface area (Å²) in [5.41, 5.74) is 1.41. The first kappa shape index (κ1) is 30.3. The van der Waals surface area contributed by atoms with Crippen molar-refractivity contribution in [1.29, 1.82) is 0 Å². The first-order chi connectivity index (χ1) is 20.2. The second-order valence-electron chi connectivity index (χ2n) is 11.0. The van der Waals surface area contributed by atoms with Crippen LogP contribution in [0.5, 0.6) is 0 Å². The minimum absolute atomic E-state index is 0.0419. The molecule has 11 nitrogen and oxygen atoms in total. The fourth-order valence-electron chi connectivity index (χ4n) is 4.45. The summed E-state index contributed by atoms with van der Waals surface area (Å²) in [6.45, 7) is 6.68. The number of carbonyl (C=O) groups excluding carboxylic acids is 3. The third-order valence-electron chi connectivity index (χ3n) is 6.53. The maximum atomic E-state index is 13.1. The average Bonchev–Trinajstić information content (AvgIpc) is 2.98. The Morgan fingerprint density at radius 2 is 1.69 bits per heavy atom. The molecule has 1 aliphatic heterocycles. The lowest BCUT2D eigenvalue weighted by molar-refractivity contribution is -0.157. The number of esters is 1. The highest BCUT2D eigenvalue weighted by molar-refractivity contribution is 5.95. The van der Waals surface area contributed by atoms with E-state index < -0.39 is 23.7 Å². The zero-order valence-electron chi connectivity index (χ0n) is 24.2. The molecule has 3 aromatic rings. The molecule has 2 amide bonds. The van der Waals surface area contributed by atoms with Crippen LogP contribution in [0.4, 0.5) is 16.4 Å². The Labute approximate surface area is 246 Å². The number of rotatable bonds is 10. The number of nitrogens with zero attached hydrogens (tertiary/aromatic N) is 3. The average molecular weight is 575 g/mol.